The first kappa shape index (κ1) is 11.0. The Bertz CT molecular complexity index is 562. The minimum atomic E-state index is -0.0356. The third-order valence-electron chi connectivity index (χ3n) is 3.30. The molecule has 1 aliphatic heterocycles. The van der Waals surface area contributed by atoms with Gasteiger partial charge in [0.1, 0.15) is 6.33 Å². The fourth-order valence-electron chi connectivity index (χ4n) is 2.49. The summed E-state index contributed by atoms with van der Waals surface area (Å²) in [6, 6.07) is 8.07. The van der Waals surface area contributed by atoms with Crippen molar-refractivity contribution in [2.45, 2.75) is 13.3 Å². The van der Waals surface area contributed by atoms with E-state index >= 15 is 0 Å². The number of aromatic nitrogens is 2. The maximum atomic E-state index is 12.4. The monoisotopic (exact) mass is 241 g/mol. The summed E-state index contributed by atoms with van der Waals surface area (Å²) in [5.41, 5.74) is 2.26. The molecule has 3 rings (SSSR count). The number of amides is 1. The van der Waals surface area contributed by atoms with Crippen molar-refractivity contribution in [3.05, 3.63) is 48.5 Å². The largest absolute Gasteiger partial charge is 0.333 e. The lowest BCUT2D eigenvalue weighted by Crippen LogP contribution is -2.41. The first-order valence-corrected chi connectivity index (χ1v) is 6.13. The Morgan fingerprint density at radius 1 is 1.39 bits per heavy atom. The third kappa shape index (κ3) is 1.79. The van der Waals surface area contributed by atoms with Crippen LogP contribution in [0.3, 0.4) is 0 Å². The van der Waals surface area contributed by atoms with E-state index in [-0.39, 0.29) is 6.03 Å². The minimum Gasteiger partial charge on any atom is -0.293 e. The second-order valence-electron chi connectivity index (χ2n) is 4.80. The van der Waals surface area contributed by atoms with E-state index < -0.39 is 0 Å². The predicted molar refractivity (Wildman–Crippen MR) is 69.7 cm³/mol. The summed E-state index contributed by atoms with van der Waals surface area (Å²) in [7, 11) is 0. The van der Waals surface area contributed by atoms with Crippen LogP contribution in [0.5, 0.6) is 0 Å². The molecule has 1 aromatic heterocycles. The van der Waals surface area contributed by atoms with E-state index in [2.05, 4.69) is 18.0 Å². The summed E-state index contributed by atoms with van der Waals surface area (Å²) in [5.74, 6) is 0.479. The topological polar surface area (TPSA) is 38.1 Å². The molecule has 1 aliphatic rings. The van der Waals surface area contributed by atoms with Gasteiger partial charge in [0, 0.05) is 24.6 Å². The summed E-state index contributed by atoms with van der Waals surface area (Å²) in [5, 5.41) is 0. The average Bonchev–Trinajstić information content (AvgIpc) is 2.90. The molecule has 0 spiro atoms. The molecule has 18 heavy (non-hydrogen) atoms. The fraction of sp³-hybridized carbons (Fsp3) is 0.286. The van der Waals surface area contributed by atoms with Crippen LogP contribution in [0, 0.1) is 5.92 Å². The molecule has 1 atom stereocenters. The summed E-state index contributed by atoms with van der Waals surface area (Å²) in [4.78, 5) is 18.2. The van der Waals surface area contributed by atoms with Crippen LogP contribution >= 0.6 is 0 Å². The van der Waals surface area contributed by atoms with Gasteiger partial charge in [-0.2, -0.15) is 0 Å². The minimum absolute atomic E-state index is 0.0356. The van der Waals surface area contributed by atoms with E-state index in [0.29, 0.717) is 5.92 Å². The van der Waals surface area contributed by atoms with Crippen LogP contribution in [0.15, 0.2) is 43.0 Å². The number of fused-ring (bicyclic) bond motifs is 1. The maximum Gasteiger partial charge on any atom is 0.333 e. The molecule has 4 heteroatoms. The molecule has 0 aliphatic carbocycles. The van der Waals surface area contributed by atoms with Gasteiger partial charge in [0.05, 0.1) is 0 Å². The molecule has 0 saturated carbocycles. The van der Waals surface area contributed by atoms with Gasteiger partial charge in [0.2, 0.25) is 0 Å². The van der Waals surface area contributed by atoms with Gasteiger partial charge in [-0.15, -0.1) is 0 Å². The molecule has 1 unspecified atom stereocenters. The SMILES string of the molecule is CC1Cc2ccccc2N(C(=O)n2ccnc2)C1. The highest BCUT2D eigenvalue weighted by Gasteiger charge is 2.26. The normalized spacial score (nSPS) is 18.5. The zero-order valence-electron chi connectivity index (χ0n) is 10.3. The maximum absolute atomic E-state index is 12.4. The number of anilines is 1. The fourth-order valence-corrected chi connectivity index (χ4v) is 2.49. The van der Waals surface area contributed by atoms with E-state index in [4.69, 9.17) is 0 Å². The second-order valence-corrected chi connectivity index (χ2v) is 4.80. The molecule has 0 radical (unpaired) electrons. The van der Waals surface area contributed by atoms with Gasteiger partial charge in [-0.3, -0.25) is 9.47 Å². The van der Waals surface area contributed by atoms with Crippen molar-refractivity contribution < 1.29 is 4.79 Å². The Balaban J connectivity index is 2.00. The zero-order valence-corrected chi connectivity index (χ0v) is 10.3. The Hall–Kier alpha value is -2.10. The molecule has 0 bridgehead atoms. The Kier molecular flexibility index (Phi) is 2.63. The number of carbonyl (C=O) groups is 1. The van der Waals surface area contributed by atoms with E-state index in [1.54, 1.807) is 18.7 Å². The molecule has 92 valence electrons. The molecule has 2 heterocycles. The van der Waals surface area contributed by atoms with Crippen LogP contribution in [-0.4, -0.2) is 22.1 Å². The number of para-hydroxylation sites is 1. The van der Waals surface area contributed by atoms with Crippen LogP contribution < -0.4 is 4.90 Å². The summed E-state index contributed by atoms with van der Waals surface area (Å²) >= 11 is 0. The molecular formula is C14H15N3O. The Labute approximate surface area is 106 Å². The number of rotatable bonds is 0. The first-order valence-electron chi connectivity index (χ1n) is 6.13. The van der Waals surface area contributed by atoms with E-state index in [1.807, 2.05) is 23.1 Å². The van der Waals surface area contributed by atoms with Crippen LogP contribution in [-0.2, 0) is 6.42 Å². The Morgan fingerprint density at radius 3 is 3.00 bits per heavy atom. The van der Waals surface area contributed by atoms with Crippen molar-refractivity contribution in [1.29, 1.82) is 0 Å². The second kappa shape index (κ2) is 4.29. The van der Waals surface area contributed by atoms with Gasteiger partial charge in [-0.05, 0) is 24.0 Å². The molecule has 1 amide bonds. The van der Waals surface area contributed by atoms with Crippen molar-refractivity contribution in [3.63, 3.8) is 0 Å². The molecule has 0 N–H and O–H groups in total. The highest BCUT2D eigenvalue weighted by atomic mass is 16.2. The lowest BCUT2D eigenvalue weighted by atomic mass is 9.94. The molecule has 0 saturated heterocycles. The number of carbonyl (C=O) groups excluding carboxylic acids is 1. The van der Waals surface area contributed by atoms with Gasteiger partial charge in [-0.25, -0.2) is 9.78 Å². The van der Waals surface area contributed by atoms with Crippen molar-refractivity contribution in [1.82, 2.24) is 9.55 Å². The lowest BCUT2D eigenvalue weighted by Gasteiger charge is -2.32. The van der Waals surface area contributed by atoms with Crippen molar-refractivity contribution in [3.8, 4) is 0 Å². The van der Waals surface area contributed by atoms with E-state index in [0.717, 1.165) is 18.7 Å². The highest BCUT2D eigenvalue weighted by molar-refractivity contribution is 5.94. The number of nitrogens with zero attached hydrogens (tertiary/aromatic N) is 3. The van der Waals surface area contributed by atoms with Crippen LogP contribution in [0.25, 0.3) is 0 Å². The standard InChI is InChI=1S/C14H15N3O/c1-11-8-12-4-2-3-5-13(12)17(9-11)14(18)16-7-6-15-10-16/h2-7,10-11H,8-9H2,1H3. The smallest absolute Gasteiger partial charge is 0.293 e. The number of hydrogen-bond acceptors (Lipinski definition) is 2. The zero-order chi connectivity index (χ0) is 12.5. The van der Waals surface area contributed by atoms with Gasteiger partial charge >= 0.3 is 6.03 Å². The Morgan fingerprint density at radius 2 is 2.22 bits per heavy atom. The predicted octanol–water partition coefficient (Wildman–Crippen LogP) is 2.55. The van der Waals surface area contributed by atoms with Gasteiger partial charge in [-0.1, -0.05) is 25.1 Å². The third-order valence-corrected chi connectivity index (χ3v) is 3.30. The van der Waals surface area contributed by atoms with Crippen LogP contribution in [0.1, 0.15) is 12.5 Å². The first-order chi connectivity index (χ1) is 8.75. The van der Waals surface area contributed by atoms with Crippen molar-refractivity contribution in [2.75, 3.05) is 11.4 Å². The number of benzene rings is 1. The number of hydrogen-bond donors (Lipinski definition) is 0. The summed E-state index contributed by atoms with van der Waals surface area (Å²) < 4.78 is 1.52. The number of imidazole rings is 1. The average molecular weight is 241 g/mol. The van der Waals surface area contributed by atoms with Crippen LogP contribution in [0.4, 0.5) is 10.5 Å². The highest BCUT2D eigenvalue weighted by Crippen LogP contribution is 2.29. The van der Waals surface area contributed by atoms with E-state index in [1.165, 1.54) is 10.1 Å². The van der Waals surface area contributed by atoms with Gasteiger partial charge in [0.25, 0.3) is 0 Å². The molecular weight excluding hydrogens is 226 g/mol. The summed E-state index contributed by atoms with van der Waals surface area (Å²) in [6.07, 6.45) is 5.88. The molecule has 1 aromatic carbocycles. The summed E-state index contributed by atoms with van der Waals surface area (Å²) in [6.45, 7) is 2.93. The molecule has 2 aromatic rings. The van der Waals surface area contributed by atoms with Crippen molar-refractivity contribution >= 4 is 11.7 Å². The van der Waals surface area contributed by atoms with Crippen LogP contribution in [0.2, 0.25) is 0 Å². The van der Waals surface area contributed by atoms with Gasteiger partial charge < -0.3 is 0 Å². The molecule has 0 fully saturated rings. The molecule has 4 nitrogen and oxygen atoms in total. The van der Waals surface area contributed by atoms with Gasteiger partial charge in [0.15, 0.2) is 0 Å². The lowest BCUT2D eigenvalue weighted by molar-refractivity contribution is 0.246. The quantitative estimate of drug-likeness (QED) is 0.711. The van der Waals surface area contributed by atoms with E-state index in [9.17, 15) is 4.79 Å². The van der Waals surface area contributed by atoms with Crippen molar-refractivity contribution in [2.24, 2.45) is 5.92 Å².